The summed E-state index contributed by atoms with van der Waals surface area (Å²) in [5.74, 6) is 0. The summed E-state index contributed by atoms with van der Waals surface area (Å²) in [5, 5.41) is 4.83. The van der Waals surface area contributed by atoms with Gasteiger partial charge >= 0.3 is 0 Å². The molecule has 0 fully saturated rings. The fourth-order valence-electron chi connectivity index (χ4n) is 12.8. The summed E-state index contributed by atoms with van der Waals surface area (Å²) in [6.07, 6.45) is 0. The summed E-state index contributed by atoms with van der Waals surface area (Å²) in [4.78, 5) is 4.93. The van der Waals surface area contributed by atoms with Gasteiger partial charge in [0.05, 0.1) is 11.1 Å². The van der Waals surface area contributed by atoms with E-state index in [2.05, 4.69) is 313 Å². The van der Waals surface area contributed by atoms with Crippen LogP contribution in [0, 0.1) is 0 Å². The lowest BCUT2D eigenvalue weighted by molar-refractivity contribution is 0.793. The second kappa shape index (κ2) is 18.1. The van der Waals surface area contributed by atoms with Crippen LogP contribution in [0.5, 0.6) is 0 Å². The monoisotopic (exact) mass is 978 g/mol. The topological polar surface area (TPSA) is 6.48 Å². The molecule has 0 saturated heterocycles. The molecule has 0 aromatic heterocycles. The molecule has 0 amide bonds. The van der Waals surface area contributed by atoms with E-state index in [-0.39, 0.29) is 0 Å². The van der Waals surface area contributed by atoms with Gasteiger partial charge in [0, 0.05) is 34.0 Å². The second-order valence-electron chi connectivity index (χ2n) is 20.4. The van der Waals surface area contributed by atoms with E-state index in [1.54, 1.807) is 0 Å². The van der Waals surface area contributed by atoms with Crippen molar-refractivity contribution < 1.29 is 0 Å². The van der Waals surface area contributed by atoms with Gasteiger partial charge in [-0.3, -0.25) is 0 Å². The molecule has 2 nitrogen and oxygen atoms in total. The first-order valence-corrected chi connectivity index (χ1v) is 26.7. The highest BCUT2D eigenvalue weighted by Crippen LogP contribution is 2.64. The number of nitrogens with zero attached hydrogens (tertiary/aromatic N) is 2. The van der Waals surface area contributed by atoms with Crippen LogP contribution in [0.2, 0.25) is 0 Å². The fourth-order valence-corrected chi connectivity index (χ4v) is 12.8. The number of benzene rings is 13. The molecule has 1 atom stereocenters. The highest BCUT2D eigenvalue weighted by molar-refractivity contribution is 6.06. The molecule has 0 aliphatic heterocycles. The van der Waals surface area contributed by atoms with Crippen LogP contribution in [-0.4, -0.2) is 0 Å². The zero-order valence-electron chi connectivity index (χ0n) is 42.3. The van der Waals surface area contributed by atoms with Crippen LogP contribution in [0.3, 0.4) is 0 Å². The SMILES string of the molecule is c1ccc(-c2ccc(-c3c(N(c4ccccc4)c4ccc5c(c4)C4(c6ccccc6-c6ccc(N(c7ccc(-c8ccccc8)cc7)c7ccc8ccccc8c7)cc64)c4ccccc4-5)ccc4ccccc34)cc2)cc1. The molecule has 1 unspecified atom stereocenters. The lowest BCUT2D eigenvalue weighted by Gasteiger charge is -2.34. The smallest absolute Gasteiger partial charge is 0.0727 e. The Morgan fingerprint density at radius 2 is 0.623 bits per heavy atom. The number of anilines is 6. The standard InChI is InChI=1S/C75H50N2/c1-4-18-51(19-5-1)54-32-34-57(35-33-54)74-64-27-13-12-23-56(64)39-47-73(74)77(59-25-8-3-9-26-59)63-44-46-68-66-29-15-17-31-70(66)75(72(68)50-63)69-30-16-14-28-65(69)67-45-43-62(49-71(67)75)76(61-42-38-53-22-10-11-24-58(53)48-61)60-40-36-55(37-41-60)52-20-6-2-7-21-52/h1-50H. The third-order valence-electron chi connectivity index (χ3n) is 16.2. The van der Waals surface area contributed by atoms with Crippen molar-refractivity contribution in [3.05, 3.63) is 326 Å². The van der Waals surface area contributed by atoms with Gasteiger partial charge in [-0.05, 0) is 161 Å². The number of hydrogen-bond acceptors (Lipinski definition) is 2. The number of fused-ring (bicyclic) bond motifs is 12. The minimum atomic E-state index is -0.627. The molecule has 2 heteroatoms. The van der Waals surface area contributed by atoms with E-state index >= 15 is 0 Å². The van der Waals surface area contributed by atoms with Gasteiger partial charge in [0.2, 0.25) is 0 Å². The first kappa shape index (κ1) is 44.5. The maximum Gasteiger partial charge on any atom is 0.0727 e. The molecule has 2 aliphatic carbocycles. The summed E-state index contributed by atoms with van der Waals surface area (Å²) in [6.45, 7) is 0. The third kappa shape index (κ3) is 7.18. The maximum atomic E-state index is 2.52. The lowest BCUT2D eigenvalue weighted by atomic mass is 9.70. The molecular weight excluding hydrogens is 929 g/mol. The Labute approximate surface area is 449 Å². The first-order valence-electron chi connectivity index (χ1n) is 26.7. The fraction of sp³-hybridized carbons (Fsp3) is 0.0133. The van der Waals surface area contributed by atoms with Crippen LogP contribution in [0.4, 0.5) is 34.1 Å². The number of rotatable bonds is 9. The molecule has 2 aliphatic rings. The maximum absolute atomic E-state index is 2.52. The van der Waals surface area contributed by atoms with E-state index in [0.29, 0.717) is 0 Å². The van der Waals surface area contributed by atoms with Gasteiger partial charge in [-0.2, -0.15) is 0 Å². The van der Waals surface area contributed by atoms with Crippen molar-refractivity contribution in [3.63, 3.8) is 0 Å². The molecule has 1 spiro atoms. The number of para-hydroxylation sites is 1. The summed E-state index contributed by atoms with van der Waals surface area (Å²) in [7, 11) is 0. The Hall–Kier alpha value is -10.0. The predicted octanol–water partition coefficient (Wildman–Crippen LogP) is 20.3. The average Bonchev–Trinajstić information content (AvgIpc) is 3.21. The zero-order valence-corrected chi connectivity index (χ0v) is 42.3. The van der Waals surface area contributed by atoms with Gasteiger partial charge in [0.1, 0.15) is 0 Å². The van der Waals surface area contributed by atoms with Crippen LogP contribution < -0.4 is 9.80 Å². The molecular formula is C75H50N2. The summed E-state index contributed by atoms with van der Waals surface area (Å²) in [6, 6.07) is 112. The van der Waals surface area contributed by atoms with Crippen molar-refractivity contribution in [3.8, 4) is 55.6 Å². The molecule has 77 heavy (non-hydrogen) atoms. The van der Waals surface area contributed by atoms with E-state index in [0.717, 1.165) is 34.1 Å². The van der Waals surface area contributed by atoms with Crippen molar-refractivity contribution in [1.82, 2.24) is 0 Å². The Morgan fingerprint density at radius 1 is 0.221 bits per heavy atom. The molecule has 0 bridgehead atoms. The Balaban J connectivity index is 0.950. The summed E-state index contributed by atoms with van der Waals surface area (Å²) in [5.41, 5.74) is 23.3. The van der Waals surface area contributed by atoms with E-state index in [4.69, 9.17) is 0 Å². The van der Waals surface area contributed by atoms with Crippen molar-refractivity contribution in [2.75, 3.05) is 9.80 Å². The molecule has 0 heterocycles. The second-order valence-corrected chi connectivity index (χ2v) is 20.4. The van der Waals surface area contributed by atoms with Gasteiger partial charge in [0.15, 0.2) is 0 Å². The van der Waals surface area contributed by atoms with Crippen molar-refractivity contribution in [2.24, 2.45) is 0 Å². The van der Waals surface area contributed by atoms with Gasteiger partial charge in [-0.15, -0.1) is 0 Å². The van der Waals surface area contributed by atoms with Crippen LogP contribution >= 0.6 is 0 Å². The molecule has 0 N–H and O–H groups in total. The van der Waals surface area contributed by atoms with E-state index < -0.39 is 5.41 Å². The van der Waals surface area contributed by atoms with E-state index in [9.17, 15) is 0 Å². The van der Waals surface area contributed by atoms with Crippen molar-refractivity contribution >= 4 is 55.7 Å². The van der Waals surface area contributed by atoms with E-state index in [1.807, 2.05) is 0 Å². The quantitative estimate of drug-likeness (QED) is 0.142. The average molecular weight is 979 g/mol. The first-order chi connectivity index (χ1) is 38.2. The molecule has 0 radical (unpaired) electrons. The van der Waals surface area contributed by atoms with Gasteiger partial charge in [-0.25, -0.2) is 0 Å². The van der Waals surface area contributed by atoms with Crippen LogP contribution in [0.25, 0.3) is 77.2 Å². The van der Waals surface area contributed by atoms with Crippen LogP contribution in [0.15, 0.2) is 303 Å². The lowest BCUT2D eigenvalue weighted by Crippen LogP contribution is -2.26. The van der Waals surface area contributed by atoms with Gasteiger partial charge in [0.25, 0.3) is 0 Å². The van der Waals surface area contributed by atoms with Crippen molar-refractivity contribution in [1.29, 1.82) is 0 Å². The zero-order chi connectivity index (χ0) is 50.9. The number of hydrogen-bond donors (Lipinski definition) is 0. The Bertz CT molecular complexity index is 4360. The summed E-state index contributed by atoms with van der Waals surface area (Å²) >= 11 is 0. The van der Waals surface area contributed by atoms with Gasteiger partial charge < -0.3 is 9.80 Å². The predicted molar refractivity (Wildman–Crippen MR) is 323 cm³/mol. The molecule has 13 aromatic rings. The molecule has 13 aromatic carbocycles. The van der Waals surface area contributed by atoms with Gasteiger partial charge in [-0.1, -0.05) is 237 Å². The van der Waals surface area contributed by atoms with Crippen LogP contribution in [0.1, 0.15) is 22.3 Å². The molecule has 0 saturated carbocycles. The third-order valence-corrected chi connectivity index (χ3v) is 16.2. The minimum absolute atomic E-state index is 0.627. The van der Waals surface area contributed by atoms with Crippen LogP contribution in [-0.2, 0) is 5.41 Å². The van der Waals surface area contributed by atoms with E-state index in [1.165, 1.54) is 99.4 Å². The highest BCUT2D eigenvalue weighted by atomic mass is 15.1. The van der Waals surface area contributed by atoms with Crippen molar-refractivity contribution in [2.45, 2.75) is 5.41 Å². The molecule has 15 rings (SSSR count). The normalized spacial score (nSPS) is 13.8. The molecule has 360 valence electrons. The Kier molecular flexibility index (Phi) is 10.5. The minimum Gasteiger partial charge on any atom is -0.310 e. The summed E-state index contributed by atoms with van der Waals surface area (Å²) < 4.78 is 0. The largest absolute Gasteiger partial charge is 0.310 e. The Morgan fingerprint density at radius 3 is 1.25 bits per heavy atom. The highest BCUT2D eigenvalue weighted by Gasteiger charge is 2.52.